The number of nitrogens with one attached hydrogen (secondary N) is 1. The molecule has 134 valence electrons. The van der Waals surface area contributed by atoms with E-state index in [0.29, 0.717) is 22.2 Å². The maximum absolute atomic E-state index is 12.5. The number of hydrogen-bond donors (Lipinski definition) is 1. The molecule has 0 aliphatic rings. The SMILES string of the molecule is CSc1nnnn1-c1cccc(NC(=O)c2ccc(-c3cnco3)cc2)c1. The molecule has 0 unspecified atom stereocenters. The Kier molecular flexibility index (Phi) is 4.67. The summed E-state index contributed by atoms with van der Waals surface area (Å²) in [5, 5.41) is 15.2. The zero-order valence-electron chi connectivity index (χ0n) is 14.2. The van der Waals surface area contributed by atoms with Gasteiger partial charge < -0.3 is 9.73 Å². The van der Waals surface area contributed by atoms with Crippen LogP contribution in [0.3, 0.4) is 0 Å². The molecule has 8 nitrogen and oxygen atoms in total. The number of anilines is 1. The van der Waals surface area contributed by atoms with E-state index in [-0.39, 0.29) is 5.91 Å². The number of rotatable bonds is 5. The molecule has 0 atom stereocenters. The Labute approximate surface area is 158 Å². The average Bonchev–Trinajstić information content (AvgIpc) is 3.40. The van der Waals surface area contributed by atoms with Crippen molar-refractivity contribution in [1.29, 1.82) is 0 Å². The molecular formula is C18H14N6O2S. The smallest absolute Gasteiger partial charge is 0.255 e. The predicted molar refractivity (Wildman–Crippen MR) is 101 cm³/mol. The molecule has 1 amide bonds. The Hall–Kier alpha value is -3.46. The maximum Gasteiger partial charge on any atom is 0.255 e. The lowest BCUT2D eigenvalue weighted by molar-refractivity contribution is 0.102. The second-order valence-corrected chi connectivity index (χ2v) is 6.30. The number of thioether (sulfide) groups is 1. The third-order valence-electron chi connectivity index (χ3n) is 3.84. The van der Waals surface area contributed by atoms with Gasteiger partial charge in [-0.1, -0.05) is 30.0 Å². The highest BCUT2D eigenvalue weighted by Crippen LogP contribution is 2.21. The van der Waals surface area contributed by atoms with Crippen molar-refractivity contribution in [2.45, 2.75) is 5.16 Å². The van der Waals surface area contributed by atoms with Gasteiger partial charge >= 0.3 is 0 Å². The second kappa shape index (κ2) is 7.42. The minimum absolute atomic E-state index is 0.210. The number of oxazole rings is 1. The van der Waals surface area contributed by atoms with Crippen LogP contribution in [0.5, 0.6) is 0 Å². The van der Waals surface area contributed by atoms with E-state index < -0.39 is 0 Å². The number of aromatic nitrogens is 5. The summed E-state index contributed by atoms with van der Waals surface area (Å²) in [5.41, 5.74) is 2.81. The van der Waals surface area contributed by atoms with Crippen LogP contribution in [-0.2, 0) is 0 Å². The zero-order chi connectivity index (χ0) is 18.6. The molecule has 4 aromatic rings. The van der Waals surface area contributed by atoms with Crippen LogP contribution < -0.4 is 5.32 Å². The van der Waals surface area contributed by atoms with Crippen LogP contribution in [0.2, 0.25) is 0 Å². The van der Waals surface area contributed by atoms with Gasteiger partial charge in [0.1, 0.15) is 0 Å². The fourth-order valence-electron chi connectivity index (χ4n) is 2.53. The van der Waals surface area contributed by atoms with Gasteiger partial charge in [-0.25, -0.2) is 4.98 Å². The van der Waals surface area contributed by atoms with Crippen molar-refractivity contribution in [2.75, 3.05) is 11.6 Å². The zero-order valence-corrected chi connectivity index (χ0v) is 15.1. The minimum atomic E-state index is -0.210. The summed E-state index contributed by atoms with van der Waals surface area (Å²) >= 11 is 1.44. The Morgan fingerprint density at radius 3 is 2.78 bits per heavy atom. The van der Waals surface area contributed by atoms with E-state index >= 15 is 0 Å². The molecule has 0 spiro atoms. The van der Waals surface area contributed by atoms with E-state index in [9.17, 15) is 4.79 Å². The van der Waals surface area contributed by atoms with Gasteiger partial charge in [0.05, 0.1) is 11.9 Å². The van der Waals surface area contributed by atoms with Crippen molar-refractivity contribution >= 4 is 23.4 Å². The molecule has 0 aliphatic heterocycles. The van der Waals surface area contributed by atoms with Gasteiger partial charge in [0.2, 0.25) is 5.16 Å². The number of amides is 1. The van der Waals surface area contributed by atoms with Gasteiger partial charge in [-0.3, -0.25) is 4.79 Å². The summed E-state index contributed by atoms with van der Waals surface area (Å²) in [4.78, 5) is 16.4. The summed E-state index contributed by atoms with van der Waals surface area (Å²) in [6.07, 6.45) is 4.90. The normalized spacial score (nSPS) is 10.7. The third kappa shape index (κ3) is 3.58. The highest BCUT2D eigenvalue weighted by Gasteiger charge is 2.10. The van der Waals surface area contributed by atoms with Crippen LogP contribution >= 0.6 is 11.8 Å². The van der Waals surface area contributed by atoms with Crippen molar-refractivity contribution in [2.24, 2.45) is 0 Å². The van der Waals surface area contributed by atoms with E-state index in [1.54, 1.807) is 23.0 Å². The molecule has 27 heavy (non-hydrogen) atoms. The first kappa shape index (κ1) is 17.0. The van der Waals surface area contributed by atoms with E-state index in [2.05, 4.69) is 25.8 Å². The number of benzene rings is 2. The van der Waals surface area contributed by atoms with E-state index in [0.717, 1.165) is 11.3 Å². The van der Waals surface area contributed by atoms with Gasteiger partial charge in [0.15, 0.2) is 12.2 Å². The monoisotopic (exact) mass is 378 g/mol. The van der Waals surface area contributed by atoms with Gasteiger partial charge in [-0.05, 0) is 47.0 Å². The van der Waals surface area contributed by atoms with Crippen LogP contribution in [-0.4, -0.2) is 37.4 Å². The molecule has 0 aliphatic carbocycles. The molecular weight excluding hydrogens is 364 g/mol. The summed E-state index contributed by atoms with van der Waals surface area (Å²) in [5.74, 6) is 0.443. The Morgan fingerprint density at radius 2 is 2.04 bits per heavy atom. The Morgan fingerprint density at radius 1 is 1.19 bits per heavy atom. The van der Waals surface area contributed by atoms with E-state index in [1.807, 2.05) is 42.7 Å². The molecule has 2 aromatic heterocycles. The second-order valence-electron chi connectivity index (χ2n) is 5.52. The van der Waals surface area contributed by atoms with Crippen molar-refractivity contribution in [3.05, 3.63) is 66.7 Å². The van der Waals surface area contributed by atoms with Crippen molar-refractivity contribution < 1.29 is 9.21 Å². The number of nitrogens with zero attached hydrogens (tertiary/aromatic N) is 5. The van der Waals surface area contributed by atoms with Crippen LogP contribution in [0.4, 0.5) is 5.69 Å². The highest BCUT2D eigenvalue weighted by molar-refractivity contribution is 7.98. The number of hydrogen-bond acceptors (Lipinski definition) is 7. The highest BCUT2D eigenvalue weighted by atomic mass is 32.2. The molecule has 2 heterocycles. The standard InChI is InChI=1S/C18H14N6O2S/c1-27-18-21-22-23-24(18)15-4-2-3-14(9-15)20-17(25)13-7-5-12(6-8-13)16-10-19-11-26-16/h2-11H,1H3,(H,20,25). The summed E-state index contributed by atoms with van der Waals surface area (Å²) in [6.45, 7) is 0. The topological polar surface area (TPSA) is 98.7 Å². The van der Waals surface area contributed by atoms with Gasteiger partial charge in [-0.2, -0.15) is 4.68 Å². The fourth-order valence-corrected chi connectivity index (χ4v) is 2.96. The van der Waals surface area contributed by atoms with E-state index in [1.165, 1.54) is 18.2 Å². The molecule has 2 aromatic carbocycles. The molecule has 9 heteroatoms. The van der Waals surface area contributed by atoms with E-state index in [4.69, 9.17) is 4.42 Å². The molecule has 0 saturated heterocycles. The first-order valence-electron chi connectivity index (χ1n) is 7.97. The lowest BCUT2D eigenvalue weighted by atomic mass is 10.1. The lowest BCUT2D eigenvalue weighted by Gasteiger charge is -2.08. The van der Waals surface area contributed by atoms with Crippen molar-refractivity contribution in [1.82, 2.24) is 25.2 Å². The Balaban J connectivity index is 1.52. The molecule has 0 bridgehead atoms. The fraction of sp³-hybridized carbons (Fsp3) is 0.0556. The van der Waals surface area contributed by atoms with Crippen LogP contribution in [0, 0.1) is 0 Å². The average molecular weight is 378 g/mol. The van der Waals surface area contributed by atoms with Gasteiger partial charge in [0, 0.05) is 16.8 Å². The molecule has 0 fully saturated rings. The number of tetrazole rings is 1. The number of carbonyl (C=O) groups excluding carboxylic acids is 1. The number of carbonyl (C=O) groups is 1. The Bertz CT molecular complexity index is 1060. The summed E-state index contributed by atoms with van der Waals surface area (Å²) in [7, 11) is 0. The quantitative estimate of drug-likeness (QED) is 0.532. The van der Waals surface area contributed by atoms with Gasteiger partial charge in [0.25, 0.3) is 5.91 Å². The lowest BCUT2D eigenvalue weighted by Crippen LogP contribution is -2.12. The molecule has 0 radical (unpaired) electrons. The molecule has 4 rings (SSSR count). The van der Waals surface area contributed by atoms with Gasteiger partial charge in [-0.15, -0.1) is 5.10 Å². The molecule has 0 saturated carbocycles. The minimum Gasteiger partial charge on any atom is -0.444 e. The van der Waals surface area contributed by atoms with Crippen LogP contribution in [0.25, 0.3) is 17.0 Å². The predicted octanol–water partition coefficient (Wildman–Crippen LogP) is 3.29. The molecule has 1 N–H and O–H groups in total. The summed E-state index contributed by atoms with van der Waals surface area (Å²) < 4.78 is 6.87. The van der Waals surface area contributed by atoms with Crippen molar-refractivity contribution in [3.8, 4) is 17.0 Å². The maximum atomic E-state index is 12.5. The third-order valence-corrected chi connectivity index (χ3v) is 4.46. The first-order valence-corrected chi connectivity index (χ1v) is 9.20. The largest absolute Gasteiger partial charge is 0.444 e. The van der Waals surface area contributed by atoms with Crippen molar-refractivity contribution in [3.63, 3.8) is 0 Å². The summed E-state index contributed by atoms with van der Waals surface area (Å²) in [6, 6.07) is 14.5. The van der Waals surface area contributed by atoms with Crippen LogP contribution in [0.1, 0.15) is 10.4 Å². The van der Waals surface area contributed by atoms with Crippen LogP contribution in [0.15, 0.2) is 70.7 Å². The first-order chi connectivity index (χ1) is 13.2.